The van der Waals surface area contributed by atoms with Crippen LogP contribution in [0.15, 0.2) is 29.3 Å². The van der Waals surface area contributed by atoms with E-state index in [1.807, 2.05) is 45.9 Å². The number of aliphatic imine (C=N–C) groups is 1. The molecule has 1 amide bonds. The average molecular weight is 541 g/mol. The van der Waals surface area contributed by atoms with Gasteiger partial charge in [-0.3, -0.25) is 4.99 Å². The highest BCUT2D eigenvalue weighted by molar-refractivity contribution is 14.0. The molecule has 1 aromatic rings. The van der Waals surface area contributed by atoms with Crippen LogP contribution in [0.1, 0.15) is 51.7 Å². The Labute approximate surface area is 203 Å². The Morgan fingerprint density at radius 1 is 1.35 bits per heavy atom. The van der Waals surface area contributed by atoms with Crippen molar-refractivity contribution in [2.45, 2.75) is 52.7 Å². The first-order chi connectivity index (χ1) is 14.3. The van der Waals surface area contributed by atoms with Crippen LogP contribution < -0.4 is 5.32 Å². The van der Waals surface area contributed by atoms with Gasteiger partial charge in [-0.25, -0.2) is 4.79 Å². The molecule has 1 saturated heterocycles. The molecule has 0 saturated carbocycles. The molecule has 0 aromatic heterocycles. The Hall–Kier alpha value is -2.02. The van der Waals surface area contributed by atoms with Crippen LogP contribution in [0.25, 0.3) is 0 Å². The minimum absolute atomic E-state index is 0. The van der Waals surface area contributed by atoms with Crippen molar-refractivity contribution in [1.82, 2.24) is 15.1 Å². The molecule has 172 valence electrons. The van der Waals surface area contributed by atoms with Gasteiger partial charge >= 0.3 is 6.09 Å². The number of nitrogens with zero attached hydrogens (tertiary/aromatic N) is 4. The number of rotatable bonds is 5. The quantitative estimate of drug-likeness (QED) is 0.343. The molecule has 1 heterocycles. The zero-order valence-corrected chi connectivity index (χ0v) is 21.7. The summed E-state index contributed by atoms with van der Waals surface area (Å²) in [5.41, 5.74) is 1.25. The SMILES string of the molecule is CCN(CC1CCN(C(=NC)NCc2cccc(C#N)c2)CC1)C(=O)OC(C)(C)C.I. The summed E-state index contributed by atoms with van der Waals surface area (Å²) in [7, 11) is 1.79. The second-order valence-electron chi connectivity index (χ2n) is 8.66. The number of nitriles is 1. The standard InChI is InChI=1S/C23H35N5O2.HI/c1-6-27(22(29)30-23(2,3)4)17-18-10-12-28(13-11-18)21(25-5)26-16-20-9-7-8-19(14-20)15-24;/h7-9,14,18H,6,10-13,16-17H2,1-5H3,(H,25,26);1H. The van der Waals surface area contributed by atoms with Gasteiger partial charge in [0.25, 0.3) is 0 Å². The van der Waals surface area contributed by atoms with Gasteiger partial charge in [-0.05, 0) is 64.2 Å². The number of likely N-dealkylation sites (tertiary alicyclic amines) is 1. The molecule has 7 nitrogen and oxygen atoms in total. The van der Waals surface area contributed by atoms with Gasteiger partial charge in [0.2, 0.25) is 0 Å². The second kappa shape index (κ2) is 12.7. The van der Waals surface area contributed by atoms with Crippen LogP contribution in [0.4, 0.5) is 4.79 Å². The monoisotopic (exact) mass is 541 g/mol. The Morgan fingerprint density at radius 2 is 2.03 bits per heavy atom. The molecule has 0 bridgehead atoms. The number of ether oxygens (including phenoxy) is 1. The lowest BCUT2D eigenvalue weighted by molar-refractivity contribution is 0.0214. The maximum absolute atomic E-state index is 12.4. The van der Waals surface area contributed by atoms with Crippen molar-refractivity contribution in [1.29, 1.82) is 5.26 Å². The van der Waals surface area contributed by atoms with Crippen LogP contribution in [-0.4, -0.2) is 60.7 Å². The van der Waals surface area contributed by atoms with Crippen LogP contribution in [0.2, 0.25) is 0 Å². The Balaban J connectivity index is 0.00000480. The topological polar surface area (TPSA) is 81.0 Å². The van der Waals surface area contributed by atoms with E-state index in [1.54, 1.807) is 18.0 Å². The fourth-order valence-electron chi connectivity index (χ4n) is 3.56. The molecule has 1 aliphatic rings. The minimum atomic E-state index is -0.473. The molecule has 0 radical (unpaired) electrons. The van der Waals surface area contributed by atoms with Crippen LogP contribution in [-0.2, 0) is 11.3 Å². The van der Waals surface area contributed by atoms with Crippen LogP contribution in [0, 0.1) is 17.2 Å². The molecular formula is C23H36IN5O2. The van der Waals surface area contributed by atoms with Crippen molar-refractivity contribution in [3.05, 3.63) is 35.4 Å². The van der Waals surface area contributed by atoms with Crippen molar-refractivity contribution in [2.75, 3.05) is 33.2 Å². The van der Waals surface area contributed by atoms with Crippen molar-refractivity contribution >= 4 is 36.0 Å². The summed E-state index contributed by atoms with van der Waals surface area (Å²) in [5, 5.41) is 12.4. The third-order valence-corrected chi connectivity index (χ3v) is 5.14. The highest BCUT2D eigenvalue weighted by Crippen LogP contribution is 2.20. The molecule has 1 aromatic carbocycles. The summed E-state index contributed by atoms with van der Waals surface area (Å²) in [6.07, 6.45) is 1.78. The zero-order chi connectivity index (χ0) is 22.1. The third kappa shape index (κ3) is 8.93. The maximum atomic E-state index is 12.4. The van der Waals surface area contributed by atoms with E-state index < -0.39 is 5.60 Å². The van der Waals surface area contributed by atoms with Gasteiger partial charge in [0.1, 0.15) is 5.60 Å². The number of carbonyl (C=O) groups is 1. The summed E-state index contributed by atoms with van der Waals surface area (Å²) in [6, 6.07) is 9.77. The van der Waals surface area contributed by atoms with E-state index in [4.69, 9.17) is 10.00 Å². The van der Waals surface area contributed by atoms with Crippen LogP contribution in [0.5, 0.6) is 0 Å². The number of amides is 1. The normalized spacial score (nSPS) is 15.0. The molecular weight excluding hydrogens is 505 g/mol. The number of hydrogen-bond acceptors (Lipinski definition) is 4. The van der Waals surface area contributed by atoms with Gasteiger partial charge in [0.05, 0.1) is 11.6 Å². The van der Waals surface area contributed by atoms with E-state index in [9.17, 15) is 4.79 Å². The lowest BCUT2D eigenvalue weighted by Gasteiger charge is -2.36. The number of guanidine groups is 1. The molecule has 31 heavy (non-hydrogen) atoms. The van der Waals surface area contributed by atoms with E-state index in [-0.39, 0.29) is 30.1 Å². The molecule has 2 rings (SSSR count). The summed E-state index contributed by atoms with van der Waals surface area (Å²) in [5.74, 6) is 1.33. The van der Waals surface area contributed by atoms with Gasteiger partial charge in [-0.2, -0.15) is 5.26 Å². The Kier molecular flexibility index (Phi) is 11.1. The average Bonchev–Trinajstić information content (AvgIpc) is 2.72. The molecule has 0 atom stereocenters. The van der Waals surface area contributed by atoms with Gasteiger partial charge in [0, 0.05) is 39.8 Å². The fraction of sp³-hybridized carbons (Fsp3) is 0.609. The van der Waals surface area contributed by atoms with E-state index in [0.29, 0.717) is 24.6 Å². The smallest absolute Gasteiger partial charge is 0.410 e. The first kappa shape index (κ1) is 27.0. The van der Waals surface area contributed by atoms with E-state index in [2.05, 4.69) is 21.3 Å². The van der Waals surface area contributed by atoms with Crippen molar-refractivity contribution in [3.63, 3.8) is 0 Å². The van der Waals surface area contributed by atoms with Gasteiger partial charge in [-0.15, -0.1) is 24.0 Å². The first-order valence-electron chi connectivity index (χ1n) is 10.7. The van der Waals surface area contributed by atoms with E-state index in [1.165, 1.54) is 0 Å². The number of hydrogen-bond donors (Lipinski definition) is 1. The van der Waals surface area contributed by atoms with Crippen molar-refractivity contribution < 1.29 is 9.53 Å². The maximum Gasteiger partial charge on any atom is 0.410 e. The summed E-state index contributed by atoms with van der Waals surface area (Å²) in [4.78, 5) is 20.9. The number of piperidine rings is 1. The number of benzene rings is 1. The van der Waals surface area contributed by atoms with Gasteiger partial charge < -0.3 is 19.9 Å². The third-order valence-electron chi connectivity index (χ3n) is 5.14. The predicted octanol–water partition coefficient (Wildman–Crippen LogP) is 4.22. The molecule has 1 fully saturated rings. The molecule has 0 unspecified atom stereocenters. The number of halogens is 1. The van der Waals surface area contributed by atoms with Crippen molar-refractivity contribution in [3.8, 4) is 6.07 Å². The van der Waals surface area contributed by atoms with Gasteiger partial charge in [-0.1, -0.05) is 12.1 Å². The zero-order valence-electron chi connectivity index (χ0n) is 19.4. The number of carbonyl (C=O) groups excluding carboxylic acids is 1. The molecule has 1 N–H and O–H groups in total. The van der Waals surface area contributed by atoms with Crippen LogP contribution >= 0.6 is 24.0 Å². The number of nitrogens with one attached hydrogen (secondary N) is 1. The first-order valence-corrected chi connectivity index (χ1v) is 10.7. The van der Waals surface area contributed by atoms with Crippen LogP contribution in [0.3, 0.4) is 0 Å². The van der Waals surface area contributed by atoms with E-state index >= 15 is 0 Å². The lowest BCUT2D eigenvalue weighted by atomic mass is 9.96. The Bertz CT molecular complexity index is 777. The molecule has 0 spiro atoms. The molecule has 1 aliphatic heterocycles. The largest absolute Gasteiger partial charge is 0.444 e. The van der Waals surface area contributed by atoms with Gasteiger partial charge in [0.15, 0.2) is 5.96 Å². The fourth-order valence-corrected chi connectivity index (χ4v) is 3.56. The lowest BCUT2D eigenvalue weighted by Crippen LogP contribution is -2.47. The van der Waals surface area contributed by atoms with Crippen molar-refractivity contribution in [2.24, 2.45) is 10.9 Å². The Morgan fingerprint density at radius 3 is 2.58 bits per heavy atom. The predicted molar refractivity (Wildman–Crippen MR) is 135 cm³/mol. The highest BCUT2D eigenvalue weighted by atomic mass is 127. The summed E-state index contributed by atoms with van der Waals surface area (Å²) >= 11 is 0. The summed E-state index contributed by atoms with van der Waals surface area (Å²) in [6.45, 7) is 11.5. The van der Waals surface area contributed by atoms with E-state index in [0.717, 1.165) is 44.0 Å². The highest BCUT2D eigenvalue weighted by Gasteiger charge is 2.27. The second-order valence-corrected chi connectivity index (χ2v) is 8.66. The minimum Gasteiger partial charge on any atom is -0.444 e. The summed E-state index contributed by atoms with van der Waals surface area (Å²) < 4.78 is 5.53. The molecule has 0 aliphatic carbocycles. The molecule has 8 heteroatoms.